The number of nitrogens with zero attached hydrogens (tertiary/aromatic N) is 1. The zero-order valence-electron chi connectivity index (χ0n) is 12.9. The quantitative estimate of drug-likeness (QED) is 0.770. The van der Waals surface area contributed by atoms with Crippen LogP contribution >= 0.6 is 0 Å². The first-order valence-electron chi connectivity index (χ1n) is 7.95. The third kappa shape index (κ3) is 6.55. The van der Waals surface area contributed by atoms with Gasteiger partial charge < -0.3 is 16.4 Å². The van der Waals surface area contributed by atoms with Gasteiger partial charge in [-0.2, -0.15) is 0 Å². The van der Waals surface area contributed by atoms with Crippen molar-refractivity contribution in [2.24, 2.45) is 17.4 Å². The second-order valence-electron chi connectivity index (χ2n) is 6.16. The summed E-state index contributed by atoms with van der Waals surface area (Å²) >= 11 is 0. The van der Waals surface area contributed by atoms with E-state index in [0.717, 1.165) is 31.5 Å². The molecule has 0 bridgehead atoms. The molecular weight excluding hydrogens is 234 g/mol. The van der Waals surface area contributed by atoms with Crippen LogP contribution in [0.15, 0.2) is 11.6 Å². The Hall–Kier alpha value is -0.380. The van der Waals surface area contributed by atoms with E-state index in [-0.39, 0.29) is 0 Å². The molecule has 112 valence electrons. The van der Waals surface area contributed by atoms with Gasteiger partial charge in [-0.3, -0.25) is 0 Å². The van der Waals surface area contributed by atoms with E-state index >= 15 is 0 Å². The molecule has 0 saturated carbocycles. The molecule has 0 spiro atoms. The maximum Gasteiger partial charge on any atom is 0.0107 e. The lowest BCUT2D eigenvalue weighted by atomic mass is 9.97. The molecule has 1 aliphatic carbocycles. The molecule has 1 aliphatic heterocycles. The smallest absolute Gasteiger partial charge is 0.0107 e. The average molecular weight is 267 g/mol. The minimum Gasteiger partial charge on any atom is -0.330 e. The third-order valence-electron chi connectivity index (χ3n) is 4.25. The summed E-state index contributed by atoms with van der Waals surface area (Å²) in [5.41, 5.74) is 12.5. The fraction of sp³-hybridized carbons (Fsp3) is 0.875. The molecule has 2 unspecified atom stereocenters. The molecular formula is C16H33N3. The lowest BCUT2D eigenvalue weighted by Crippen LogP contribution is -2.27. The summed E-state index contributed by atoms with van der Waals surface area (Å²) in [6.07, 6.45) is 11.3. The third-order valence-corrected chi connectivity index (χ3v) is 4.25. The Morgan fingerprint density at radius 1 is 1.26 bits per heavy atom. The maximum atomic E-state index is 5.49. The van der Waals surface area contributed by atoms with Gasteiger partial charge in [0.1, 0.15) is 0 Å². The number of hydrogen-bond acceptors (Lipinski definition) is 3. The molecule has 0 amide bonds. The van der Waals surface area contributed by atoms with E-state index in [9.17, 15) is 0 Å². The summed E-state index contributed by atoms with van der Waals surface area (Å²) < 4.78 is 0. The molecule has 0 radical (unpaired) electrons. The number of likely N-dealkylation sites (tertiary alicyclic amines) is 1. The van der Waals surface area contributed by atoms with Gasteiger partial charge in [0.25, 0.3) is 0 Å². The first-order chi connectivity index (χ1) is 9.17. The number of allylic oxidation sites excluding steroid dienone is 1. The van der Waals surface area contributed by atoms with Gasteiger partial charge in [0.05, 0.1) is 0 Å². The Bertz CT molecular complexity index is 263. The zero-order chi connectivity index (χ0) is 14.1. The Morgan fingerprint density at radius 3 is 2.53 bits per heavy atom. The summed E-state index contributed by atoms with van der Waals surface area (Å²) in [4.78, 5) is 2.43. The van der Waals surface area contributed by atoms with Crippen molar-refractivity contribution in [2.75, 3.05) is 26.7 Å². The minimum absolute atomic E-state index is 0.764. The lowest BCUT2D eigenvalue weighted by Gasteiger charge is -2.17. The molecule has 0 aromatic carbocycles. The van der Waals surface area contributed by atoms with Gasteiger partial charge in [-0.15, -0.1) is 0 Å². The van der Waals surface area contributed by atoms with Gasteiger partial charge in [0, 0.05) is 12.6 Å². The first-order valence-corrected chi connectivity index (χ1v) is 7.95. The van der Waals surface area contributed by atoms with Crippen LogP contribution in [0.5, 0.6) is 0 Å². The van der Waals surface area contributed by atoms with Gasteiger partial charge >= 0.3 is 0 Å². The monoisotopic (exact) mass is 267 g/mol. The fourth-order valence-electron chi connectivity index (χ4n) is 3.21. The maximum absolute atomic E-state index is 5.49. The predicted molar refractivity (Wildman–Crippen MR) is 84.1 cm³/mol. The summed E-state index contributed by atoms with van der Waals surface area (Å²) in [7, 11) is 2.20. The van der Waals surface area contributed by atoms with Crippen LogP contribution in [0.3, 0.4) is 0 Å². The molecule has 2 aliphatic rings. The molecule has 1 fully saturated rings. The van der Waals surface area contributed by atoms with Crippen LogP contribution in [0, 0.1) is 5.92 Å². The predicted octanol–water partition coefficient (Wildman–Crippen LogP) is 2.51. The van der Waals surface area contributed by atoms with E-state index < -0.39 is 0 Å². The van der Waals surface area contributed by atoms with Gasteiger partial charge in [0.15, 0.2) is 0 Å². The van der Waals surface area contributed by atoms with Crippen LogP contribution in [0.25, 0.3) is 0 Å². The number of rotatable bonds is 4. The van der Waals surface area contributed by atoms with Crippen molar-refractivity contribution in [2.45, 2.75) is 57.9 Å². The molecule has 2 atom stereocenters. The van der Waals surface area contributed by atoms with Crippen molar-refractivity contribution >= 4 is 0 Å². The molecule has 1 heterocycles. The van der Waals surface area contributed by atoms with Gasteiger partial charge in [-0.25, -0.2) is 0 Å². The summed E-state index contributed by atoms with van der Waals surface area (Å²) in [6, 6.07) is 0.764. The van der Waals surface area contributed by atoms with Crippen molar-refractivity contribution < 1.29 is 0 Å². The normalized spacial score (nSPS) is 27.7. The van der Waals surface area contributed by atoms with E-state index in [0.29, 0.717) is 0 Å². The Kier molecular flexibility index (Phi) is 8.35. The van der Waals surface area contributed by atoms with E-state index in [4.69, 9.17) is 11.5 Å². The van der Waals surface area contributed by atoms with Gasteiger partial charge in [-0.1, -0.05) is 18.6 Å². The van der Waals surface area contributed by atoms with E-state index in [1.54, 1.807) is 5.57 Å². The Balaban J connectivity index is 0.000000191. The first kappa shape index (κ1) is 16.7. The van der Waals surface area contributed by atoms with Crippen LogP contribution in [0.4, 0.5) is 0 Å². The van der Waals surface area contributed by atoms with Crippen molar-refractivity contribution in [3.05, 3.63) is 11.6 Å². The minimum atomic E-state index is 0.764. The van der Waals surface area contributed by atoms with Gasteiger partial charge in [0.2, 0.25) is 0 Å². The lowest BCUT2D eigenvalue weighted by molar-refractivity contribution is 0.297. The SMILES string of the molecule is CC1CC(CCN)N(C)C1.NCCC1=CCCCC1. The van der Waals surface area contributed by atoms with Crippen molar-refractivity contribution in [3.8, 4) is 0 Å². The fourth-order valence-corrected chi connectivity index (χ4v) is 3.21. The molecule has 0 aromatic rings. The van der Waals surface area contributed by atoms with Crippen molar-refractivity contribution in [1.29, 1.82) is 0 Å². The summed E-state index contributed by atoms with van der Waals surface area (Å²) in [6.45, 7) is 5.23. The highest BCUT2D eigenvalue weighted by atomic mass is 15.2. The standard InChI is InChI=1S/C8H18N2.C8H15N/c1-7-5-8(3-4-9)10(2)6-7;9-7-6-8-4-2-1-3-5-8/h7-8H,3-6,9H2,1-2H3;4H,1-3,5-7,9H2. The largest absolute Gasteiger partial charge is 0.330 e. The summed E-state index contributed by atoms with van der Waals surface area (Å²) in [5, 5.41) is 0. The van der Waals surface area contributed by atoms with Crippen LogP contribution in [0.1, 0.15) is 51.9 Å². The Morgan fingerprint density at radius 2 is 2.05 bits per heavy atom. The summed E-state index contributed by atoms with van der Waals surface area (Å²) in [5.74, 6) is 0.876. The van der Waals surface area contributed by atoms with Gasteiger partial charge in [-0.05, 0) is 71.0 Å². The van der Waals surface area contributed by atoms with Crippen LogP contribution in [0.2, 0.25) is 0 Å². The zero-order valence-corrected chi connectivity index (χ0v) is 12.9. The topological polar surface area (TPSA) is 55.3 Å². The molecule has 3 nitrogen and oxygen atoms in total. The van der Waals surface area contributed by atoms with E-state index in [1.165, 1.54) is 45.1 Å². The Labute approximate surface area is 119 Å². The van der Waals surface area contributed by atoms with Crippen LogP contribution in [-0.4, -0.2) is 37.6 Å². The second-order valence-corrected chi connectivity index (χ2v) is 6.16. The second kappa shape index (κ2) is 9.51. The molecule has 0 aromatic heterocycles. The highest BCUT2D eigenvalue weighted by Crippen LogP contribution is 2.22. The molecule has 4 N–H and O–H groups in total. The highest BCUT2D eigenvalue weighted by molar-refractivity contribution is 5.04. The molecule has 19 heavy (non-hydrogen) atoms. The van der Waals surface area contributed by atoms with E-state index in [1.807, 2.05) is 0 Å². The molecule has 3 heteroatoms. The molecule has 1 saturated heterocycles. The van der Waals surface area contributed by atoms with Crippen LogP contribution in [-0.2, 0) is 0 Å². The average Bonchev–Trinajstić information content (AvgIpc) is 2.71. The molecule has 2 rings (SSSR count). The van der Waals surface area contributed by atoms with Crippen molar-refractivity contribution in [1.82, 2.24) is 4.90 Å². The van der Waals surface area contributed by atoms with Crippen molar-refractivity contribution in [3.63, 3.8) is 0 Å². The highest BCUT2D eigenvalue weighted by Gasteiger charge is 2.25. The van der Waals surface area contributed by atoms with Crippen LogP contribution < -0.4 is 11.5 Å². The number of nitrogens with two attached hydrogens (primary N) is 2. The number of hydrogen-bond donors (Lipinski definition) is 2. The van der Waals surface area contributed by atoms with E-state index in [2.05, 4.69) is 24.9 Å².